The van der Waals surface area contributed by atoms with Gasteiger partial charge in [-0.1, -0.05) is 6.07 Å². The molecule has 0 atom stereocenters. The summed E-state index contributed by atoms with van der Waals surface area (Å²) < 4.78 is 5.46. The fourth-order valence-corrected chi connectivity index (χ4v) is 3.87. The van der Waals surface area contributed by atoms with Gasteiger partial charge in [0.15, 0.2) is 0 Å². The molecule has 1 fully saturated rings. The van der Waals surface area contributed by atoms with Crippen LogP contribution in [-0.2, 0) is 4.74 Å². The predicted molar refractivity (Wildman–Crippen MR) is 81.4 cm³/mol. The monoisotopic (exact) mass is 308 g/mol. The first-order valence-electron chi connectivity index (χ1n) is 6.47. The van der Waals surface area contributed by atoms with Gasteiger partial charge in [-0.3, -0.25) is 4.79 Å². The van der Waals surface area contributed by atoms with Crippen LogP contribution in [0.4, 0.5) is 0 Å². The lowest BCUT2D eigenvalue weighted by molar-refractivity contribution is -0.0372. The Bertz CT molecular complexity index is 604. The molecule has 0 radical (unpaired) electrons. The molecule has 2 aromatic heterocycles. The van der Waals surface area contributed by atoms with E-state index in [-0.39, 0.29) is 11.4 Å². The highest BCUT2D eigenvalue weighted by molar-refractivity contribution is 7.20. The molecule has 0 spiro atoms. The quantitative estimate of drug-likeness (QED) is 0.856. The van der Waals surface area contributed by atoms with Crippen LogP contribution in [-0.4, -0.2) is 41.1 Å². The Balaban J connectivity index is 1.84. The number of aromatic nitrogens is 1. The number of ether oxygens (including phenoxy) is 1. The third-order valence-electron chi connectivity index (χ3n) is 3.35. The standard InChI is InChI=1S/C14H16N2O2S2/c1-14(2)9-18-6-5-16(14)13(17)10-8-20-12(15-10)11-4-3-7-19-11/h3-4,7-8H,5-6,9H2,1-2H3. The normalized spacial score (nSPS) is 18.2. The Labute approximate surface area is 126 Å². The molecule has 2 aromatic rings. The molecule has 6 heteroatoms. The van der Waals surface area contributed by atoms with Crippen molar-refractivity contribution < 1.29 is 9.53 Å². The highest BCUT2D eigenvalue weighted by Crippen LogP contribution is 2.29. The molecule has 0 bridgehead atoms. The largest absolute Gasteiger partial charge is 0.377 e. The van der Waals surface area contributed by atoms with E-state index in [1.807, 2.05) is 41.6 Å². The average molecular weight is 308 g/mol. The maximum atomic E-state index is 12.6. The zero-order valence-electron chi connectivity index (χ0n) is 11.5. The lowest BCUT2D eigenvalue weighted by Gasteiger charge is -2.41. The second kappa shape index (κ2) is 5.27. The van der Waals surface area contributed by atoms with Crippen LogP contribution in [0.1, 0.15) is 24.3 Å². The third kappa shape index (κ3) is 2.51. The van der Waals surface area contributed by atoms with Gasteiger partial charge in [-0.25, -0.2) is 4.98 Å². The number of hydrogen-bond acceptors (Lipinski definition) is 5. The molecule has 20 heavy (non-hydrogen) atoms. The highest BCUT2D eigenvalue weighted by Gasteiger charge is 2.35. The number of hydrogen-bond donors (Lipinski definition) is 0. The van der Waals surface area contributed by atoms with E-state index in [9.17, 15) is 4.79 Å². The van der Waals surface area contributed by atoms with Crippen LogP contribution in [0.5, 0.6) is 0 Å². The molecule has 1 amide bonds. The predicted octanol–water partition coefficient (Wildman–Crippen LogP) is 3.12. The van der Waals surface area contributed by atoms with Crippen LogP contribution in [0, 0.1) is 0 Å². The van der Waals surface area contributed by atoms with E-state index >= 15 is 0 Å². The van der Waals surface area contributed by atoms with Crippen LogP contribution in [0.25, 0.3) is 9.88 Å². The number of carbonyl (C=O) groups is 1. The Morgan fingerprint density at radius 2 is 2.30 bits per heavy atom. The van der Waals surface area contributed by atoms with E-state index in [1.54, 1.807) is 11.3 Å². The number of rotatable bonds is 2. The lowest BCUT2D eigenvalue weighted by Crippen LogP contribution is -2.55. The van der Waals surface area contributed by atoms with E-state index < -0.39 is 0 Å². The summed E-state index contributed by atoms with van der Waals surface area (Å²) in [6.07, 6.45) is 0. The van der Waals surface area contributed by atoms with Crippen molar-refractivity contribution >= 4 is 28.6 Å². The summed E-state index contributed by atoms with van der Waals surface area (Å²) in [6, 6.07) is 4.02. The molecule has 1 saturated heterocycles. The van der Waals surface area contributed by atoms with E-state index in [4.69, 9.17) is 4.74 Å². The fourth-order valence-electron chi connectivity index (χ4n) is 2.26. The second-order valence-corrected chi connectivity index (χ2v) is 7.14. The summed E-state index contributed by atoms with van der Waals surface area (Å²) >= 11 is 3.16. The van der Waals surface area contributed by atoms with Crippen LogP contribution in [0.3, 0.4) is 0 Å². The van der Waals surface area contributed by atoms with Crippen molar-refractivity contribution in [3.63, 3.8) is 0 Å². The number of nitrogens with zero attached hydrogens (tertiary/aromatic N) is 2. The Kier molecular flexibility index (Phi) is 3.62. The summed E-state index contributed by atoms with van der Waals surface area (Å²) in [6.45, 7) is 5.84. The fraction of sp³-hybridized carbons (Fsp3) is 0.429. The maximum Gasteiger partial charge on any atom is 0.273 e. The number of thiophene rings is 1. The highest BCUT2D eigenvalue weighted by atomic mass is 32.1. The van der Waals surface area contributed by atoms with Crippen LogP contribution >= 0.6 is 22.7 Å². The molecule has 3 heterocycles. The molecule has 4 nitrogen and oxygen atoms in total. The molecule has 0 aromatic carbocycles. The number of carbonyl (C=O) groups excluding carboxylic acids is 1. The molecule has 0 aliphatic carbocycles. The average Bonchev–Trinajstić information content (AvgIpc) is 3.08. The summed E-state index contributed by atoms with van der Waals surface area (Å²) in [5.41, 5.74) is 0.260. The van der Waals surface area contributed by atoms with Crippen LogP contribution in [0.15, 0.2) is 22.9 Å². The summed E-state index contributed by atoms with van der Waals surface area (Å²) in [5.74, 6) is -0.00245. The van der Waals surface area contributed by atoms with Gasteiger partial charge in [-0.15, -0.1) is 22.7 Å². The van der Waals surface area contributed by atoms with Crippen molar-refractivity contribution in [2.24, 2.45) is 0 Å². The van der Waals surface area contributed by atoms with Crippen LogP contribution < -0.4 is 0 Å². The lowest BCUT2D eigenvalue weighted by atomic mass is 10.0. The Hall–Kier alpha value is -1.24. The number of thiazole rings is 1. The van der Waals surface area contributed by atoms with Gasteiger partial charge in [0.05, 0.1) is 23.6 Å². The van der Waals surface area contributed by atoms with E-state index in [2.05, 4.69) is 4.98 Å². The van der Waals surface area contributed by atoms with Gasteiger partial charge >= 0.3 is 0 Å². The molecule has 3 rings (SSSR count). The third-order valence-corrected chi connectivity index (χ3v) is 5.23. The first-order valence-corrected chi connectivity index (χ1v) is 8.23. The van der Waals surface area contributed by atoms with Gasteiger partial charge < -0.3 is 9.64 Å². The Morgan fingerprint density at radius 3 is 3.00 bits per heavy atom. The van der Waals surface area contributed by atoms with Gasteiger partial charge in [-0.05, 0) is 25.3 Å². The molecule has 1 aliphatic rings. The van der Waals surface area contributed by atoms with Gasteiger partial charge in [0.25, 0.3) is 5.91 Å². The topological polar surface area (TPSA) is 42.4 Å². The number of morpholine rings is 1. The van der Waals surface area contributed by atoms with E-state index in [0.29, 0.717) is 25.5 Å². The van der Waals surface area contributed by atoms with Crippen molar-refractivity contribution in [3.8, 4) is 9.88 Å². The minimum atomic E-state index is -0.276. The number of amides is 1. The van der Waals surface area contributed by atoms with E-state index in [0.717, 1.165) is 9.88 Å². The molecule has 1 aliphatic heterocycles. The van der Waals surface area contributed by atoms with Crippen molar-refractivity contribution in [2.45, 2.75) is 19.4 Å². The summed E-state index contributed by atoms with van der Waals surface area (Å²) in [7, 11) is 0. The summed E-state index contributed by atoms with van der Waals surface area (Å²) in [5, 5.41) is 4.78. The molecule has 0 unspecified atom stereocenters. The molecular weight excluding hydrogens is 292 g/mol. The zero-order chi connectivity index (χ0) is 14.2. The van der Waals surface area contributed by atoms with Gasteiger partial charge in [0.2, 0.25) is 0 Å². The maximum absolute atomic E-state index is 12.6. The van der Waals surface area contributed by atoms with Gasteiger partial charge in [0.1, 0.15) is 10.7 Å². The zero-order valence-corrected chi connectivity index (χ0v) is 13.1. The van der Waals surface area contributed by atoms with Crippen molar-refractivity contribution in [2.75, 3.05) is 19.8 Å². The minimum Gasteiger partial charge on any atom is -0.377 e. The van der Waals surface area contributed by atoms with Crippen molar-refractivity contribution in [1.29, 1.82) is 0 Å². The second-order valence-electron chi connectivity index (χ2n) is 5.34. The van der Waals surface area contributed by atoms with Gasteiger partial charge in [-0.2, -0.15) is 0 Å². The smallest absolute Gasteiger partial charge is 0.273 e. The molecule has 0 N–H and O–H groups in total. The first kappa shape index (κ1) is 13.7. The van der Waals surface area contributed by atoms with Crippen molar-refractivity contribution in [1.82, 2.24) is 9.88 Å². The van der Waals surface area contributed by atoms with E-state index in [1.165, 1.54) is 11.3 Å². The molecular formula is C14H16N2O2S2. The van der Waals surface area contributed by atoms with Crippen molar-refractivity contribution in [3.05, 3.63) is 28.6 Å². The first-order chi connectivity index (χ1) is 9.58. The summed E-state index contributed by atoms with van der Waals surface area (Å²) in [4.78, 5) is 20.1. The molecule has 0 saturated carbocycles. The Morgan fingerprint density at radius 1 is 1.45 bits per heavy atom. The van der Waals surface area contributed by atoms with Crippen LogP contribution in [0.2, 0.25) is 0 Å². The minimum absolute atomic E-state index is 0.00245. The molecule has 106 valence electrons. The SMILES string of the molecule is CC1(C)COCCN1C(=O)c1csc(-c2cccs2)n1. The van der Waals surface area contributed by atoms with Gasteiger partial charge in [0, 0.05) is 11.9 Å².